The maximum absolute atomic E-state index is 15.1. The number of amides is 1. The Labute approximate surface area is 221 Å². The van der Waals surface area contributed by atoms with E-state index >= 15 is 4.39 Å². The van der Waals surface area contributed by atoms with E-state index in [2.05, 4.69) is 10.3 Å². The molecule has 0 atom stereocenters. The van der Waals surface area contributed by atoms with Gasteiger partial charge in [0.2, 0.25) is 10.0 Å². The number of nitrogens with one attached hydrogen (secondary N) is 2. The largest absolute Gasteiger partial charge is 0.354 e. The Hall–Kier alpha value is -3.60. The van der Waals surface area contributed by atoms with E-state index in [0.29, 0.717) is 35.1 Å². The van der Waals surface area contributed by atoms with Crippen LogP contribution in [-0.2, 0) is 15.6 Å². The normalized spacial score (nSPS) is 12.5. The highest BCUT2D eigenvalue weighted by atomic mass is 32.2. The first-order valence-electron chi connectivity index (χ1n) is 12.1. The van der Waals surface area contributed by atoms with Crippen molar-refractivity contribution in [1.29, 1.82) is 0 Å². The molecule has 2 N–H and O–H groups in total. The van der Waals surface area contributed by atoms with Gasteiger partial charge < -0.3 is 15.2 Å². The molecule has 0 spiro atoms. The van der Waals surface area contributed by atoms with Crippen LogP contribution in [0.15, 0.2) is 70.4 Å². The van der Waals surface area contributed by atoms with Crippen molar-refractivity contribution in [2.45, 2.75) is 24.3 Å². The lowest BCUT2D eigenvalue weighted by atomic mass is 9.93. The molecule has 0 saturated heterocycles. The SMILES string of the molecule is CN(C)CCN(C)S(=O)(=O)c1cccc(C(C)(C)NC(=O)c2cc3[nH]c4ccccc4c(=O)c3cc2F)c1. The second-order valence-electron chi connectivity index (χ2n) is 10.1. The molecule has 1 aromatic heterocycles. The summed E-state index contributed by atoms with van der Waals surface area (Å²) in [7, 11) is 1.50. The summed E-state index contributed by atoms with van der Waals surface area (Å²) in [6.45, 7) is 4.30. The van der Waals surface area contributed by atoms with Crippen molar-refractivity contribution >= 4 is 37.7 Å². The summed E-state index contributed by atoms with van der Waals surface area (Å²) >= 11 is 0. The van der Waals surface area contributed by atoms with Gasteiger partial charge in [0.1, 0.15) is 5.82 Å². The van der Waals surface area contributed by atoms with Crippen molar-refractivity contribution in [2.75, 3.05) is 34.2 Å². The lowest BCUT2D eigenvalue weighted by Crippen LogP contribution is -2.41. The number of carbonyl (C=O) groups is 1. The third-order valence-corrected chi connectivity index (χ3v) is 8.44. The Morgan fingerprint density at radius 3 is 2.37 bits per heavy atom. The van der Waals surface area contributed by atoms with Crippen LogP contribution in [0.2, 0.25) is 0 Å². The molecule has 0 radical (unpaired) electrons. The Kier molecular flexibility index (Phi) is 7.42. The van der Waals surface area contributed by atoms with E-state index in [1.807, 2.05) is 19.0 Å². The minimum absolute atomic E-state index is 0.0971. The number of likely N-dealkylation sites (N-methyl/N-ethyl adjacent to an activating group) is 2. The number of fused-ring (bicyclic) bond motifs is 2. The highest BCUT2D eigenvalue weighted by Crippen LogP contribution is 2.26. The highest BCUT2D eigenvalue weighted by Gasteiger charge is 2.28. The van der Waals surface area contributed by atoms with E-state index in [9.17, 15) is 18.0 Å². The third-order valence-electron chi connectivity index (χ3n) is 6.59. The molecule has 3 aromatic carbocycles. The summed E-state index contributed by atoms with van der Waals surface area (Å²) in [4.78, 5) is 31.1. The number of rotatable bonds is 8. The van der Waals surface area contributed by atoms with Gasteiger partial charge in [-0.3, -0.25) is 9.59 Å². The van der Waals surface area contributed by atoms with Crippen molar-refractivity contribution < 1.29 is 17.6 Å². The quantitative estimate of drug-likeness (QED) is 0.333. The summed E-state index contributed by atoms with van der Waals surface area (Å²) in [5, 5.41) is 3.39. The minimum Gasteiger partial charge on any atom is -0.354 e. The van der Waals surface area contributed by atoms with Gasteiger partial charge in [0.05, 0.1) is 21.5 Å². The van der Waals surface area contributed by atoms with E-state index in [1.165, 1.54) is 29.6 Å². The molecule has 0 saturated carbocycles. The molecule has 4 aromatic rings. The van der Waals surface area contributed by atoms with Crippen molar-refractivity contribution in [2.24, 2.45) is 0 Å². The predicted octanol–water partition coefficient (Wildman–Crippen LogP) is 3.67. The van der Waals surface area contributed by atoms with Crippen LogP contribution in [0.25, 0.3) is 21.8 Å². The van der Waals surface area contributed by atoms with Crippen LogP contribution in [-0.4, -0.2) is 62.7 Å². The molecule has 38 heavy (non-hydrogen) atoms. The molecule has 8 nitrogen and oxygen atoms in total. The average Bonchev–Trinajstić information content (AvgIpc) is 2.87. The summed E-state index contributed by atoms with van der Waals surface area (Å²) < 4.78 is 42.5. The number of pyridine rings is 1. The Morgan fingerprint density at radius 2 is 1.66 bits per heavy atom. The molecular weight excluding hydrogens is 507 g/mol. The van der Waals surface area contributed by atoms with E-state index in [4.69, 9.17) is 0 Å². The second-order valence-corrected chi connectivity index (χ2v) is 12.2. The number of hydrogen-bond donors (Lipinski definition) is 2. The fraction of sp³-hybridized carbons (Fsp3) is 0.286. The molecule has 1 heterocycles. The lowest BCUT2D eigenvalue weighted by Gasteiger charge is -2.28. The number of H-pyrrole nitrogens is 1. The number of para-hydroxylation sites is 1. The van der Waals surface area contributed by atoms with Gasteiger partial charge in [-0.2, -0.15) is 4.31 Å². The smallest absolute Gasteiger partial charge is 0.255 e. The van der Waals surface area contributed by atoms with Gasteiger partial charge in [-0.25, -0.2) is 12.8 Å². The fourth-order valence-corrected chi connectivity index (χ4v) is 5.44. The summed E-state index contributed by atoms with van der Waals surface area (Å²) in [6, 6.07) is 15.6. The van der Waals surface area contributed by atoms with Crippen LogP contribution in [0.4, 0.5) is 4.39 Å². The van der Waals surface area contributed by atoms with Crippen molar-refractivity contribution in [3.63, 3.8) is 0 Å². The first-order chi connectivity index (χ1) is 17.8. The van der Waals surface area contributed by atoms with E-state index in [1.54, 1.807) is 50.2 Å². The number of carbonyl (C=O) groups excluding carboxylic acids is 1. The summed E-state index contributed by atoms with van der Waals surface area (Å²) in [6.07, 6.45) is 0. The predicted molar refractivity (Wildman–Crippen MR) is 147 cm³/mol. The van der Waals surface area contributed by atoms with Gasteiger partial charge in [0.15, 0.2) is 5.43 Å². The van der Waals surface area contributed by atoms with Crippen molar-refractivity contribution in [3.8, 4) is 0 Å². The number of nitrogens with zero attached hydrogens (tertiary/aromatic N) is 2. The number of hydrogen-bond acceptors (Lipinski definition) is 5. The summed E-state index contributed by atoms with van der Waals surface area (Å²) in [5.41, 5.74) is -0.140. The number of sulfonamides is 1. The number of benzene rings is 3. The van der Waals surface area contributed by atoms with E-state index < -0.39 is 27.3 Å². The number of halogens is 1. The minimum atomic E-state index is -3.75. The zero-order valence-corrected chi connectivity index (χ0v) is 22.8. The van der Waals surface area contributed by atoms with Gasteiger partial charge in [0, 0.05) is 36.4 Å². The zero-order chi connectivity index (χ0) is 27.8. The maximum Gasteiger partial charge on any atom is 0.255 e. The molecule has 200 valence electrons. The highest BCUT2D eigenvalue weighted by molar-refractivity contribution is 7.89. The molecule has 0 aliphatic carbocycles. The van der Waals surface area contributed by atoms with Gasteiger partial charge >= 0.3 is 0 Å². The van der Waals surface area contributed by atoms with E-state index in [0.717, 1.165) is 6.07 Å². The molecule has 10 heteroatoms. The molecule has 0 bridgehead atoms. The zero-order valence-electron chi connectivity index (χ0n) is 22.0. The van der Waals surface area contributed by atoms with Crippen LogP contribution in [0.1, 0.15) is 29.8 Å². The van der Waals surface area contributed by atoms with Crippen LogP contribution in [0.5, 0.6) is 0 Å². The Bertz CT molecular complexity index is 1700. The standard InChI is InChI=1S/C28H31FN4O4S/c1-28(2,18-9-8-10-19(15-18)38(36,37)33(5)14-13-32(3)4)31-27(35)21-17-25-22(16-23(21)29)26(34)20-11-6-7-12-24(20)30-25/h6-12,15-17H,13-14H2,1-5H3,(H,30,34)(H,31,35). The second kappa shape index (κ2) is 10.3. The van der Waals surface area contributed by atoms with Crippen LogP contribution < -0.4 is 10.7 Å². The number of aromatic amines is 1. The van der Waals surface area contributed by atoms with Crippen LogP contribution in [0, 0.1) is 5.82 Å². The van der Waals surface area contributed by atoms with Crippen LogP contribution in [0.3, 0.4) is 0 Å². The molecular formula is C28H31FN4O4S. The topological polar surface area (TPSA) is 103 Å². The lowest BCUT2D eigenvalue weighted by molar-refractivity contribution is 0.0908. The van der Waals surface area contributed by atoms with Gasteiger partial charge in [-0.1, -0.05) is 24.3 Å². The van der Waals surface area contributed by atoms with E-state index in [-0.39, 0.29) is 21.3 Å². The van der Waals surface area contributed by atoms with Crippen LogP contribution >= 0.6 is 0 Å². The monoisotopic (exact) mass is 538 g/mol. The third kappa shape index (κ3) is 5.33. The molecule has 0 aliphatic rings. The first kappa shape index (κ1) is 27.4. The maximum atomic E-state index is 15.1. The molecule has 0 aliphatic heterocycles. The average molecular weight is 539 g/mol. The fourth-order valence-electron chi connectivity index (χ4n) is 4.23. The first-order valence-corrected chi connectivity index (χ1v) is 13.5. The molecule has 1 amide bonds. The van der Waals surface area contributed by atoms with Gasteiger partial charge in [-0.05, 0) is 69.9 Å². The Balaban J connectivity index is 1.64. The van der Waals surface area contributed by atoms with Crippen molar-refractivity contribution in [3.05, 3.63) is 87.8 Å². The molecule has 0 unspecified atom stereocenters. The van der Waals surface area contributed by atoms with Gasteiger partial charge in [-0.15, -0.1) is 0 Å². The molecule has 4 rings (SSSR count). The molecule has 0 fully saturated rings. The Morgan fingerprint density at radius 1 is 0.947 bits per heavy atom. The van der Waals surface area contributed by atoms with Crippen molar-refractivity contribution in [1.82, 2.24) is 19.5 Å². The van der Waals surface area contributed by atoms with Gasteiger partial charge in [0.25, 0.3) is 5.91 Å². The number of aromatic nitrogens is 1. The summed E-state index contributed by atoms with van der Waals surface area (Å²) in [5.74, 6) is -1.52.